The second-order valence-electron chi connectivity index (χ2n) is 7.64. The molecule has 2 aromatic heterocycles. The van der Waals surface area contributed by atoms with E-state index in [0.717, 1.165) is 49.3 Å². The minimum atomic E-state index is -0.921. The van der Waals surface area contributed by atoms with Gasteiger partial charge in [0.25, 0.3) is 0 Å². The van der Waals surface area contributed by atoms with Crippen LogP contribution in [-0.2, 0) is 19.5 Å². The van der Waals surface area contributed by atoms with Gasteiger partial charge in [-0.1, -0.05) is 0 Å². The molecule has 160 valence electrons. The van der Waals surface area contributed by atoms with Crippen LogP contribution in [0.1, 0.15) is 17.7 Å². The van der Waals surface area contributed by atoms with Crippen LogP contribution in [0.3, 0.4) is 0 Å². The Morgan fingerprint density at radius 2 is 2.13 bits per heavy atom. The van der Waals surface area contributed by atoms with E-state index in [0.29, 0.717) is 30.5 Å². The van der Waals surface area contributed by atoms with Gasteiger partial charge < -0.3 is 14.9 Å². The van der Waals surface area contributed by atoms with Gasteiger partial charge in [0.1, 0.15) is 12.3 Å². The van der Waals surface area contributed by atoms with Crippen LogP contribution in [0.15, 0.2) is 30.6 Å². The van der Waals surface area contributed by atoms with Gasteiger partial charge in [-0.2, -0.15) is 0 Å². The number of nitro groups is 1. The summed E-state index contributed by atoms with van der Waals surface area (Å²) in [5.41, 5.74) is 2.37. The standard InChI is InChI=1S/C20H18F2N6O3/c21-15-2-1-12(7-16(15)22)19-23-8-13-9-26(6-4-17(13)24-19)5-3-14-10-27-11-18(28(29)30)25-20(27)31-14/h1-2,7-8,11,14H,3-6,9-10H2/t14-/m1/s1. The summed E-state index contributed by atoms with van der Waals surface area (Å²) in [4.78, 5) is 25.3. The van der Waals surface area contributed by atoms with Gasteiger partial charge in [-0.3, -0.25) is 9.47 Å². The highest BCUT2D eigenvalue weighted by atomic mass is 19.2. The molecule has 2 aliphatic heterocycles. The third-order valence-electron chi connectivity index (χ3n) is 5.54. The number of halogens is 2. The summed E-state index contributed by atoms with van der Waals surface area (Å²) in [6.45, 7) is 2.84. The van der Waals surface area contributed by atoms with Crippen molar-refractivity contribution in [3.8, 4) is 17.4 Å². The topological polar surface area (TPSA) is 99.2 Å². The fourth-order valence-corrected chi connectivity index (χ4v) is 3.92. The molecule has 0 saturated carbocycles. The van der Waals surface area contributed by atoms with Crippen LogP contribution in [0.5, 0.6) is 6.01 Å². The molecule has 4 heterocycles. The fraction of sp³-hybridized carbons (Fsp3) is 0.350. The van der Waals surface area contributed by atoms with E-state index in [9.17, 15) is 18.9 Å². The molecule has 1 aromatic carbocycles. The molecule has 9 nitrogen and oxygen atoms in total. The van der Waals surface area contributed by atoms with E-state index in [1.54, 1.807) is 10.8 Å². The minimum Gasteiger partial charge on any atom is -0.441 e. The molecule has 0 saturated heterocycles. The fourth-order valence-electron chi connectivity index (χ4n) is 3.92. The zero-order chi connectivity index (χ0) is 21.5. The van der Waals surface area contributed by atoms with Crippen molar-refractivity contribution in [3.05, 3.63) is 63.6 Å². The van der Waals surface area contributed by atoms with E-state index in [1.165, 1.54) is 12.3 Å². The molecule has 0 aliphatic carbocycles. The van der Waals surface area contributed by atoms with Crippen molar-refractivity contribution in [1.82, 2.24) is 24.4 Å². The zero-order valence-electron chi connectivity index (χ0n) is 16.4. The monoisotopic (exact) mass is 428 g/mol. The smallest absolute Gasteiger partial charge is 0.414 e. The van der Waals surface area contributed by atoms with Gasteiger partial charge in [-0.25, -0.2) is 18.7 Å². The lowest BCUT2D eigenvalue weighted by Gasteiger charge is -2.28. The highest BCUT2D eigenvalue weighted by molar-refractivity contribution is 5.55. The third-order valence-corrected chi connectivity index (χ3v) is 5.54. The van der Waals surface area contributed by atoms with Gasteiger partial charge in [0.15, 0.2) is 17.5 Å². The van der Waals surface area contributed by atoms with Crippen molar-refractivity contribution >= 4 is 5.82 Å². The summed E-state index contributed by atoms with van der Waals surface area (Å²) in [5.74, 6) is -1.64. The van der Waals surface area contributed by atoms with Crippen molar-refractivity contribution in [2.75, 3.05) is 13.1 Å². The number of hydrogen-bond acceptors (Lipinski definition) is 7. The number of fused-ring (bicyclic) bond motifs is 2. The quantitative estimate of drug-likeness (QED) is 0.455. The van der Waals surface area contributed by atoms with E-state index in [-0.39, 0.29) is 11.9 Å². The summed E-state index contributed by atoms with van der Waals surface area (Å²) >= 11 is 0. The Bertz CT molecular complexity index is 1140. The normalized spacial score (nSPS) is 17.8. The lowest BCUT2D eigenvalue weighted by Crippen LogP contribution is -2.34. The lowest BCUT2D eigenvalue weighted by molar-refractivity contribution is -0.389. The largest absolute Gasteiger partial charge is 0.441 e. The number of hydrogen-bond donors (Lipinski definition) is 0. The summed E-state index contributed by atoms with van der Waals surface area (Å²) in [7, 11) is 0. The number of nitrogens with zero attached hydrogens (tertiary/aromatic N) is 6. The van der Waals surface area contributed by atoms with E-state index in [4.69, 9.17) is 4.74 Å². The highest BCUT2D eigenvalue weighted by Gasteiger charge is 2.31. The maximum atomic E-state index is 13.5. The van der Waals surface area contributed by atoms with Crippen molar-refractivity contribution in [2.45, 2.75) is 32.0 Å². The van der Waals surface area contributed by atoms with E-state index < -0.39 is 16.6 Å². The molecule has 0 spiro atoms. The molecule has 0 bridgehead atoms. The first-order valence-electron chi connectivity index (χ1n) is 9.87. The predicted molar refractivity (Wildman–Crippen MR) is 104 cm³/mol. The van der Waals surface area contributed by atoms with Crippen LogP contribution in [0.25, 0.3) is 11.4 Å². The van der Waals surface area contributed by atoms with Gasteiger partial charge in [0.05, 0.1) is 12.2 Å². The number of rotatable bonds is 5. The molecule has 5 rings (SSSR count). The Morgan fingerprint density at radius 1 is 1.26 bits per heavy atom. The first-order chi connectivity index (χ1) is 15.0. The number of ether oxygens (including phenoxy) is 1. The van der Waals surface area contributed by atoms with Crippen LogP contribution >= 0.6 is 0 Å². The first-order valence-corrected chi connectivity index (χ1v) is 9.87. The summed E-state index contributed by atoms with van der Waals surface area (Å²) in [5, 5.41) is 10.8. The Hall–Kier alpha value is -3.47. The van der Waals surface area contributed by atoms with Crippen molar-refractivity contribution in [1.29, 1.82) is 0 Å². The molecular formula is C20H18F2N6O3. The SMILES string of the molecule is O=[N+]([O-])c1cn2c(n1)O[C@H](CCN1CCc3nc(-c4ccc(F)c(F)c4)ncc3C1)C2. The molecule has 2 aliphatic rings. The maximum Gasteiger partial charge on any atom is 0.414 e. The van der Waals surface area contributed by atoms with E-state index in [1.807, 2.05) is 0 Å². The van der Waals surface area contributed by atoms with Crippen molar-refractivity contribution in [3.63, 3.8) is 0 Å². The second kappa shape index (κ2) is 7.65. The van der Waals surface area contributed by atoms with Gasteiger partial charge in [0, 0.05) is 48.4 Å². The van der Waals surface area contributed by atoms with Crippen LogP contribution in [0.2, 0.25) is 0 Å². The summed E-state index contributed by atoms with van der Waals surface area (Å²) in [6.07, 6.45) is 4.56. The van der Waals surface area contributed by atoms with Crippen molar-refractivity contribution < 1.29 is 18.4 Å². The molecule has 0 unspecified atom stereocenters. The van der Waals surface area contributed by atoms with Crippen LogP contribution < -0.4 is 4.74 Å². The lowest BCUT2D eigenvalue weighted by atomic mass is 10.1. The van der Waals surface area contributed by atoms with Crippen LogP contribution in [-0.4, -0.2) is 48.5 Å². The Morgan fingerprint density at radius 3 is 2.90 bits per heavy atom. The molecule has 0 amide bonds. The number of aromatic nitrogens is 4. The summed E-state index contributed by atoms with van der Waals surface area (Å²) in [6, 6.07) is 3.94. The van der Waals surface area contributed by atoms with Crippen LogP contribution in [0.4, 0.5) is 14.6 Å². The summed E-state index contributed by atoms with van der Waals surface area (Å²) < 4.78 is 34.1. The average Bonchev–Trinajstić information content (AvgIpc) is 3.33. The first kappa shape index (κ1) is 19.5. The molecule has 0 fully saturated rings. The second-order valence-corrected chi connectivity index (χ2v) is 7.64. The highest BCUT2D eigenvalue weighted by Crippen LogP contribution is 2.27. The Kier molecular flexibility index (Phi) is 4.81. The average molecular weight is 428 g/mol. The molecule has 0 radical (unpaired) electrons. The molecule has 3 aromatic rings. The number of benzene rings is 1. The molecule has 0 N–H and O–H groups in total. The van der Waals surface area contributed by atoms with Crippen LogP contribution in [0, 0.1) is 21.7 Å². The molecule has 11 heteroatoms. The van der Waals surface area contributed by atoms with Gasteiger partial charge in [-0.05, 0) is 29.5 Å². The van der Waals surface area contributed by atoms with Crippen molar-refractivity contribution in [2.24, 2.45) is 0 Å². The van der Waals surface area contributed by atoms with E-state index >= 15 is 0 Å². The van der Waals surface area contributed by atoms with E-state index in [2.05, 4.69) is 19.9 Å². The van der Waals surface area contributed by atoms with Gasteiger partial charge in [0.2, 0.25) is 0 Å². The van der Waals surface area contributed by atoms with Gasteiger partial charge in [-0.15, -0.1) is 0 Å². The Balaban J connectivity index is 1.19. The third kappa shape index (κ3) is 3.83. The molecular weight excluding hydrogens is 410 g/mol. The zero-order valence-corrected chi connectivity index (χ0v) is 16.4. The number of imidazole rings is 1. The molecule has 31 heavy (non-hydrogen) atoms. The van der Waals surface area contributed by atoms with Gasteiger partial charge >= 0.3 is 11.8 Å². The maximum absolute atomic E-state index is 13.5. The Labute approximate surface area is 175 Å². The molecule has 1 atom stereocenters. The predicted octanol–water partition coefficient (Wildman–Crippen LogP) is 2.74. The minimum absolute atomic E-state index is 0.0725.